The molecular weight excluding hydrogens is 78.1 g/mol. The van der Waals surface area contributed by atoms with E-state index < -0.39 is 0 Å². The molecule has 0 saturated heterocycles. The second-order valence-corrected chi connectivity index (χ2v) is 0.819. The highest BCUT2D eigenvalue weighted by Gasteiger charge is 1.87. The van der Waals surface area contributed by atoms with Gasteiger partial charge in [-0.1, -0.05) is 0 Å². The van der Waals surface area contributed by atoms with Crippen LogP contribution >= 0.6 is 0 Å². The average Bonchev–Trinajstić information content (AvgIpc) is 1.86. The Balaban J connectivity index is 2.86. The normalized spacial score (nSPS) is 17.0. The molecule has 0 aromatic carbocycles. The first-order valence-corrected chi connectivity index (χ1v) is 1.42. The van der Waals surface area contributed by atoms with Gasteiger partial charge in [-0.25, -0.2) is 0 Å². The molecule has 0 aromatic rings. The first kappa shape index (κ1) is 3.21. The van der Waals surface area contributed by atoms with Crippen molar-refractivity contribution in [1.82, 2.24) is 0 Å². The maximum atomic E-state index is 6.64. The summed E-state index contributed by atoms with van der Waals surface area (Å²) < 4.78 is 0. The highest BCUT2D eigenvalue weighted by molar-refractivity contribution is 5.77. The van der Waals surface area contributed by atoms with E-state index in [9.17, 15) is 0 Å². The molecule has 1 aliphatic heterocycles. The highest BCUT2D eigenvalue weighted by Crippen LogP contribution is 1.95. The molecule has 0 unspecified atom stereocenters. The highest BCUT2D eigenvalue weighted by atomic mass is 15.4. The lowest BCUT2D eigenvalue weighted by Crippen LogP contribution is -1.62. The topological polar surface area (TPSA) is 37.1 Å². The molecule has 0 amide bonds. The summed E-state index contributed by atoms with van der Waals surface area (Å²) in [4.78, 5) is 0. The number of rotatable bonds is 0. The van der Waals surface area contributed by atoms with E-state index in [0.717, 1.165) is 0 Å². The summed E-state index contributed by atoms with van der Waals surface area (Å²) in [5, 5.41) is 9.63. The van der Waals surface area contributed by atoms with E-state index in [1.54, 1.807) is 0 Å². The van der Waals surface area contributed by atoms with Gasteiger partial charge in [-0.15, -0.1) is 10.2 Å². The van der Waals surface area contributed by atoms with Crippen molar-refractivity contribution in [3.05, 3.63) is 12.3 Å². The third-order valence-electron chi connectivity index (χ3n) is 0.384. The fourth-order valence-electron chi connectivity index (χ4n) is 0.180. The van der Waals surface area contributed by atoms with Gasteiger partial charge in [-0.3, -0.25) is 0 Å². The summed E-state index contributed by atoms with van der Waals surface area (Å²) in [6.45, 7) is 6.64. The molecule has 3 nitrogen and oxygen atoms in total. The summed E-state index contributed by atoms with van der Waals surface area (Å²) in [5.41, 5.74) is 0.120. The van der Waals surface area contributed by atoms with Crippen LogP contribution in [0.25, 0.3) is 0 Å². The van der Waals surface area contributed by atoms with Crippen molar-refractivity contribution >= 4 is 6.21 Å². The molecule has 0 bridgehead atoms. The van der Waals surface area contributed by atoms with Crippen LogP contribution in [0.1, 0.15) is 0 Å². The Morgan fingerprint density at radius 1 is 1.67 bits per heavy atom. The van der Waals surface area contributed by atoms with Crippen LogP contribution in [0.3, 0.4) is 0 Å². The van der Waals surface area contributed by atoms with Crippen molar-refractivity contribution in [3.63, 3.8) is 0 Å². The van der Waals surface area contributed by atoms with E-state index in [0.29, 0.717) is 0 Å². The Hall–Kier alpha value is -0.990. The van der Waals surface area contributed by atoms with Crippen LogP contribution in [-0.4, -0.2) is 6.21 Å². The van der Waals surface area contributed by atoms with Crippen LogP contribution in [0.4, 0.5) is 0 Å². The van der Waals surface area contributed by atoms with E-state index in [1.165, 1.54) is 6.21 Å². The molecule has 0 aliphatic carbocycles. The Morgan fingerprint density at radius 3 is 2.67 bits per heavy atom. The molecule has 0 N–H and O–H groups in total. The van der Waals surface area contributed by atoms with Crippen LogP contribution in [0.5, 0.6) is 0 Å². The molecular formula is C3HN3. The average molecular weight is 79.1 g/mol. The zero-order chi connectivity index (χ0) is 4.41. The van der Waals surface area contributed by atoms with Crippen LogP contribution in [0.15, 0.2) is 21.1 Å². The van der Waals surface area contributed by atoms with Gasteiger partial charge in [-0.2, -0.15) is 0 Å². The standard InChI is InChI=1S/C3HN3/c1-3-2-4-6-5-3/h2H. The van der Waals surface area contributed by atoms with E-state index >= 15 is 0 Å². The van der Waals surface area contributed by atoms with Gasteiger partial charge in [0.25, 0.3) is 0 Å². The fourth-order valence-corrected chi connectivity index (χ4v) is 0.180. The minimum atomic E-state index is 0.120. The van der Waals surface area contributed by atoms with Crippen molar-refractivity contribution < 1.29 is 0 Å². The van der Waals surface area contributed by atoms with Gasteiger partial charge < -0.3 is 0 Å². The lowest BCUT2D eigenvalue weighted by molar-refractivity contribution is 1.10. The van der Waals surface area contributed by atoms with Gasteiger partial charge in [0.15, 0.2) is 0 Å². The van der Waals surface area contributed by atoms with Crippen LogP contribution in [-0.2, 0) is 0 Å². The molecule has 1 heterocycles. The van der Waals surface area contributed by atoms with Gasteiger partial charge >= 0.3 is 0 Å². The first-order chi connectivity index (χ1) is 2.89. The van der Waals surface area contributed by atoms with Crippen LogP contribution < -0.4 is 0 Å². The molecule has 0 spiro atoms. The first-order valence-electron chi connectivity index (χ1n) is 1.42. The minimum Gasteiger partial charge on any atom is -0.136 e. The third kappa shape index (κ3) is 0.337. The monoisotopic (exact) mass is 79.0 g/mol. The summed E-state index contributed by atoms with van der Waals surface area (Å²) in [5.74, 6) is 0. The predicted molar refractivity (Wildman–Crippen MR) is 20.1 cm³/mol. The molecule has 0 fully saturated rings. The predicted octanol–water partition coefficient (Wildman–Crippen LogP) is 0.632. The maximum Gasteiger partial charge on any atom is 0.116 e. The number of nitrogens with zero attached hydrogens (tertiary/aromatic N) is 3. The summed E-state index contributed by atoms with van der Waals surface area (Å²) in [6.07, 6.45) is 1.28. The van der Waals surface area contributed by atoms with Gasteiger partial charge in [0.1, 0.15) is 5.70 Å². The molecule has 0 atom stereocenters. The number of hydrogen-bond donors (Lipinski definition) is 0. The van der Waals surface area contributed by atoms with Gasteiger partial charge in [0, 0.05) is 6.58 Å². The molecule has 0 aromatic heterocycles. The third-order valence-corrected chi connectivity index (χ3v) is 0.384. The second-order valence-electron chi connectivity index (χ2n) is 0.819. The van der Waals surface area contributed by atoms with Gasteiger partial charge in [0.2, 0.25) is 0 Å². The molecule has 3 heteroatoms. The van der Waals surface area contributed by atoms with E-state index in [-0.39, 0.29) is 5.70 Å². The molecule has 6 heavy (non-hydrogen) atoms. The van der Waals surface area contributed by atoms with Crippen LogP contribution in [0, 0.1) is 6.58 Å². The largest absolute Gasteiger partial charge is 0.136 e. The number of hydrogen-bond acceptors (Lipinski definition) is 3. The Bertz CT molecular complexity index is 108. The lowest BCUT2D eigenvalue weighted by atomic mass is 10.6. The van der Waals surface area contributed by atoms with Crippen LogP contribution in [0.2, 0.25) is 0 Å². The maximum absolute atomic E-state index is 6.64. The van der Waals surface area contributed by atoms with E-state index in [2.05, 4.69) is 15.4 Å². The fraction of sp³-hybridized carbons (Fsp3) is 0. The van der Waals surface area contributed by atoms with Crippen molar-refractivity contribution in [2.75, 3.05) is 0 Å². The molecule has 2 radical (unpaired) electrons. The zero-order valence-electron chi connectivity index (χ0n) is 2.92. The SMILES string of the molecule is [C]=C1C=NN=N1. The molecule has 0 saturated carbocycles. The smallest absolute Gasteiger partial charge is 0.116 e. The van der Waals surface area contributed by atoms with Gasteiger partial charge in [-0.05, 0) is 5.22 Å². The summed E-state index contributed by atoms with van der Waals surface area (Å²) in [7, 11) is 0. The summed E-state index contributed by atoms with van der Waals surface area (Å²) in [6, 6.07) is 0. The Morgan fingerprint density at radius 2 is 2.50 bits per heavy atom. The summed E-state index contributed by atoms with van der Waals surface area (Å²) >= 11 is 0. The van der Waals surface area contributed by atoms with E-state index in [1.807, 2.05) is 0 Å². The Labute approximate surface area is 35.1 Å². The molecule has 28 valence electrons. The van der Waals surface area contributed by atoms with Crippen molar-refractivity contribution in [3.8, 4) is 0 Å². The lowest BCUT2D eigenvalue weighted by Gasteiger charge is -1.62. The molecule has 1 rings (SSSR count). The minimum absolute atomic E-state index is 0.120. The second kappa shape index (κ2) is 1.01. The Kier molecular flexibility index (Phi) is 0.538. The van der Waals surface area contributed by atoms with Crippen molar-refractivity contribution in [2.45, 2.75) is 0 Å². The zero-order valence-corrected chi connectivity index (χ0v) is 2.92. The number of allylic oxidation sites excluding steroid dienone is 1. The van der Waals surface area contributed by atoms with Gasteiger partial charge in [0.05, 0.1) is 6.21 Å². The molecule has 1 aliphatic rings. The van der Waals surface area contributed by atoms with Crippen molar-refractivity contribution in [1.29, 1.82) is 0 Å². The quantitative estimate of drug-likeness (QED) is 0.408. The van der Waals surface area contributed by atoms with Crippen molar-refractivity contribution in [2.24, 2.45) is 15.4 Å². The van der Waals surface area contributed by atoms with E-state index in [4.69, 9.17) is 6.58 Å².